The Morgan fingerprint density at radius 2 is 1.32 bits per heavy atom. The summed E-state index contributed by atoms with van der Waals surface area (Å²) < 4.78 is 15.8. The number of amides is 2. The minimum Gasteiger partial charge on any atom is -0.497 e. The van der Waals surface area contributed by atoms with Gasteiger partial charge in [0.1, 0.15) is 17.2 Å². The molecule has 2 amide bonds. The van der Waals surface area contributed by atoms with Crippen LogP contribution in [0.3, 0.4) is 0 Å². The van der Waals surface area contributed by atoms with Crippen LogP contribution in [-0.4, -0.2) is 32.6 Å². The van der Waals surface area contributed by atoms with Crippen LogP contribution in [0.15, 0.2) is 66.7 Å². The van der Waals surface area contributed by atoms with Crippen molar-refractivity contribution in [1.29, 1.82) is 0 Å². The van der Waals surface area contributed by atoms with Crippen LogP contribution >= 0.6 is 0 Å². The molecule has 7 heteroatoms. The zero-order valence-electron chi connectivity index (χ0n) is 17.6. The number of carbonyl (C=O) groups excluding carboxylic acids is 2. The summed E-state index contributed by atoms with van der Waals surface area (Å²) in [5.41, 5.74) is 1.91. The van der Waals surface area contributed by atoms with Crippen molar-refractivity contribution in [3.63, 3.8) is 0 Å². The highest BCUT2D eigenvalue weighted by atomic mass is 16.5. The molecule has 0 atom stereocenters. The Hall–Kier alpha value is -4.00. The number of methoxy groups -OCH3 is 2. The SMILES string of the molecule is CCOc1ccc(C(=O)Nc2ccc(OC)c(NC(=O)c3ccc(OC)cc3)c2)cc1. The van der Waals surface area contributed by atoms with Crippen molar-refractivity contribution in [2.75, 3.05) is 31.5 Å². The first kappa shape index (κ1) is 21.7. The highest BCUT2D eigenvalue weighted by molar-refractivity contribution is 6.07. The molecular weight excluding hydrogens is 396 g/mol. The molecule has 3 aromatic carbocycles. The van der Waals surface area contributed by atoms with Gasteiger partial charge >= 0.3 is 0 Å². The van der Waals surface area contributed by atoms with Crippen LogP contribution in [0.25, 0.3) is 0 Å². The minimum absolute atomic E-state index is 0.277. The summed E-state index contributed by atoms with van der Waals surface area (Å²) in [4.78, 5) is 25.2. The molecule has 0 heterocycles. The normalized spacial score (nSPS) is 10.2. The Morgan fingerprint density at radius 3 is 1.87 bits per heavy atom. The van der Waals surface area contributed by atoms with E-state index in [9.17, 15) is 9.59 Å². The highest BCUT2D eigenvalue weighted by Crippen LogP contribution is 2.29. The molecule has 0 bridgehead atoms. The van der Waals surface area contributed by atoms with E-state index in [1.165, 1.54) is 7.11 Å². The summed E-state index contributed by atoms with van der Waals surface area (Å²) in [6, 6.07) is 18.6. The van der Waals surface area contributed by atoms with Crippen molar-refractivity contribution in [2.45, 2.75) is 6.92 Å². The standard InChI is InChI=1S/C24H24N2O5/c1-4-31-20-12-7-16(8-13-20)23(27)25-18-9-14-22(30-3)21(15-18)26-24(28)17-5-10-19(29-2)11-6-17/h5-15H,4H2,1-3H3,(H,25,27)(H,26,28). The van der Waals surface area contributed by atoms with Gasteiger partial charge in [-0.15, -0.1) is 0 Å². The van der Waals surface area contributed by atoms with Gasteiger partial charge in [-0.05, 0) is 73.7 Å². The van der Waals surface area contributed by atoms with Gasteiger partial charge in [0, 0.05) is 16.8 Å². The van der Waals surface area contributed by atoms with E-state index in [1.807, 2.05) is 6.92 Å². The topological polar surface area (TPSA) is 85.9 Å². The number of carbonyl (C=O) groups is 2. The number of benzene rings is 3. The Labute approximate surface area is 180 Å². The van der Waals surface area contributed by atoms with Crippen molar-refractivity contribution >= 4 is 23.2 Å². The van der Waals surface area contributed by atoms with E-state index >= 15 is 0 Å². The zero-order chi connectivity index (χ0) is 22.2. The average Bonchev–Trinajstić information content (AvgIpc) is 2.80. The quantitative estimate of drug-likeness (QED) is 0.556. The Morgan fingerprint density at radius 1 is 0.742 bits per heavy atom. The first-order valence-electron chi connectivity index (χ1n) is 9.71. The maximum Gasteiger partial charge on any atom is 0.255 e. The zero-order valence-corrected chi connectivity index (χ0v) is 17.6. The summed E-state index contributed by atoms with van der Waals surface area (Å²) >= 11 is 0. The summed E-state index contributed by atoms with van der Waals surface area (Å²) in [5, 5.41) is 5.64. The predicted molar refractivity (Wildman–Crippen MR) is 120 cm³/mol. The predicted octanol–water partition coefficient (Wildman–Crippen LogP) is 4.61. The van der Waals surface area contributed by atoms with Gasteiger partial charge in [0.2, 0.25) is 0 Å². The van der Waals surface area contributed by atoms with E-state index in [-0.39, 0.29) is 11.8 Å². The fourth-order valence-corrected chi connectivity index (χ4v) is 2.89. The number of anilines is 2. The van der Waals surface area contributed by atoms with E-state index in [2.05, 4.69) is 10.6 Å². The lowest BCUT2D eigenvalue weighted by molar-refractivity contribution is 0.101. The maximum absolute atomic E-state index is 12.6. The van der Waals surface area contributed by atoms with Gasteiger partial charge in [0.15, 0.2) is 0 Å². The number of nitrogens with one attached hydrogen (secondary N) is 2. The minimum atomic E-state index is -0.309. The van der Waals surface area contributed by atoms with Crippen molar-refractivity contribution in [1.82, 2.24) is 0 Å². The molecule has 0 aliphatic carbocycles. The Balaban J connectivity index is 1.74. The third-order valence-corrected chi connectivity index (χ3v) is 4.49. The summed E-state index contributed by atoms with van der Waals surface area (Å²) in [6.45, 7) is 2.46. The smallest absolute Gasteiger partial charge is 0.255 e. The maximum atomic E-state index is 12.6. The highest BCUT2D eigenvalue weighted by Gasteiger charge is 2.13. The molecule has 0 aliphatic heterocycles. The largest absolute Gasteiger partial charge is 0.497 e. The summed E-state index contributed by atoms with van der Waals surface area (Å²) in [7, 11) is 3.07. The molecule has 0 fully saturated rings. The van der Waals surface area contributed by atoms with Crippen LogP contribution in [0, 0.1) is 0 Å². The third kappa shape index (κ3) is 5.54. The second kappa shape index (κ2) is 10.2. The van der Waals surface area contributed by atoms with Gasteiger partial charge in [-0.25, -0.2) is 0 Å². The van der Waals surface area contributed by atoms with Crippen molar-refractivity contribution in [3.05, 3.63) is 77.9 Å². The molecular formula is C24H24N2O5. The molecule has 7 nitrogen and oxygen atoms in total. The van der Waals surface area contributed by atoms with Crippen LogP contribution in [-0.2, 0) is 0 Å². The number of rotatable bonds is 8. The van der Waals surface area contributed by atoms with Crippen LogP contribution in [0.1, 0.15) is 27.6 Å². The van der Waals surface area contributed by atoms with Crippen LogP contribution in [0.5, 0.6) is 17.2 Å². The monoisotopic (exact) mass is 420 g/mol. The number of hydrogen-bond donors (Lipinski definition) is 2. The lowest BCUT2D eigenvalue weighted by atomic mass is 10.1. The van der Waals surface area contributed by atoms with Gasteiger partial charge in [-0.2, -0.15) is 0 Å². The molecule has 3 aromatic rings. The molecule has 0 aliphatic rings. The molecule has 0 radical (unpaired) electrons. The average molecular weight is 420 g/mol. The molecule has 0 unspecified atom stereocenters. The molecule has 0 saturated carbocycles. The molecule has 3 rings (SSSR count). The Kier molecular flexibility index (Phi) is 7.11. The molecule has 31 heavy (non-hydrogen) atoms. The molecule has 0 saturated heterocycles. The Bertz CT molecular complexity index is 1050. The van der Waals surface area contributed by atoms with E-state index in [0.717, 1.165) is 0 Å². The summed E-state index contributed by atoms with van der Waals surface area (Å²) in [5.74, 6) is 1.25. The van der Waals surface area contributed by atoms with Gasteiger partial charge < -0.3 is 24.8 Å². The molecule has 2 N–H and O–H groups in total. The second-order valence-corrected chi connectivity index (χ2v) is 6.51. The van der Waals surface area contributed by atoms with Crippen LogP contribution < -0.4 is 24.8 Å². The van der Waals surface area contributed by atoms with Crippen molar-refractivity contribution < 1.29 is 23.8 Å². The molecule has 160 valence electrons. The van der Waals surface area contributed by atoms with E-state index < -0.39 is 0 Å². The fourth-order valence-electron chi connectivity index (χ4n) is 2.89. The van der Waals surface area contributed by atoms with Gasteiger partial charge in [0.25, 0.3) is 11.8 Å². The molecule has 0 aromatic heterocycles. The van der Waals surface area contributed by atoms with Crippen molar-refractivity contribution in [3.8, 4) is 17.2 Å². The first-order valence-corrected chi connectivity index (χ1v) is 9.71. The van der Waals surface area contributed by atoms with Crippen molar-refractivity contribution in [2.24, 2.45) is 0 Å². The lowest BCUT2D eigenvalue weighted by Crippen LogP contribution is -2.14. The van der Waals surface area contributed by atoms with Crippen LogP contribution in [0.2, 0.25) is 0 Å². The summed E-state index contributed by atoms with van der Waals surface area (Å²) in [6.07, 6.45) is 0. The second-order valence-electron chi connectivity index (χ2n) is 6.51. The number of ether oxygens (including phenoxy) is 3. The van der Waals surface area contributed by atoms with E-state index in [1.54, 1.807) is 73.8 Å². The van der Waals surface area contributed by atoms with Gasteiger partial charge in [-0.3, -0.25) is 9.59 Å². The van der Waals surface area contributed by atoms with E-state index in [4.69, 9.17) is 14.2 Å². The van der Waals surface area contributed by atoms with E-state index in [0.29, 0.717) is 46.4 Å². The van der Waals surface area contributed by atoms with Crippen LogP contribution in [0.4, 0.5) is 11.4 Å². The lowest BCUT2D eigenvalue weighted by Gasteiger charge is -2.13. The van der Waals surface area contributed by atoms with Gasteiger partial charge in [-0.1, -0.05) is 0 Å². The first-order chi connectivity index (χ1) is 15.0. The number of hydrogen-bond acceptors (Lipinski definition) is 5. The molecule has 0 spiro atoms. The van der Waals surface area contributed by atoms with Gasteiger partial charge in [0.05, 0.1) is 26.5 Å². The third-order valence-electron chi connectivity index (χ3n) is 4.49. The fraction of sp³-hybridized carbons (Fsp3) is 0.167.